The Bertz CT molecular complexity index is 2070. The number of fused-ring (bicyclic) bond motifs is 4. The molecule has 0 heterocycles. The van der Waals surface area contributed by atoms with Gasteiger partial charge in [-0.25, -0.2) is 0 Å². The van der Waals surface area contributed by atoms with E-state index in [4.69, 9.17) is 0 Å². The van der Waals surface area contributed by atoms with E-state index in [0.717, 1.165) is 0 Å². The van der Waals surface area contributed by atoms with Gasteiger partial charge in [0, 0.05) is 0 Å². The van der Waals surface area contributed by atoms with Crippen LogP contribution in [0.1, 0.15) is 0 Å². The van der Waals surface area contributed by atoms with Crippen LogP contribution in [-0.4, -0.2) is 0 Å². The van der Waals surface area contributed by atoms with Crippen LogP contribution in [0.15, 0.2) is 158 Å². The summed E-state index contributed by atoms with van der Waals surface area (Å²) in [6, 6.07) is 57.6. The molecule has 0 aliphatic rings. The van der Waals surface area contributed by atoms with E-state index in [1.165, 1.54) is 76.5 Å². The summed E-state index contributed by atoms with van der Waals surface area (Å²) in [7, 11) is 0. The topological polar surface area (TPSA) is 0 Å². The molecule has 0 heteroatoms. The largest absolute Gasteiger partial charge is 0.0622 e. The summed E-state index contributed by atoms with van der Waals surface area (Å²) in [6.07, 6.45) is 0. The molecule has 0 unspecified atom stereocenters. The molecule has 0 aliphatic carbocycles. The summed E-state index contributed by atoms with van der Waals surface area (Å²) in [5, 5.41) is 10.2. The number of hydrogen-bond donors (Lipinski definition) is 0. The van der Waals surface area contributed by atoms with Crippen molar-refractivity contribution in [3.63, 3.8) is 0 Å². The molecule has 8 rings (SSSR count). The zero-order chi connectivity index (χ0) is 26.5. The highest BCUT2D eigenvalue weighted by Gasteiger charge is 2.16. The molecule has 0 saturated carbocycles. The molecule has 0 atom stereocenters. The Hall–Kier alpha value is -5.20. The van der Waals surface area contributed by atoms with Gasteiger partial charge in [0.1, 0.15) is 0 Å². The third kappa shape index (κ3) is 3.69. The van der Waals surface area contributed by atoms with Crippen LogP contribution < -0.4 is 0 Å². The van der Waals surface area contributed by atoms with Crippen molar-refractivity contribution in [2.45, 2.75) is 0 Å². The molecule has 0 amide bonds. The van der Waals surface area contributed by atoms with Crippen molar-refractivity contribution in [1.82, 2.24) is 0 Å². The van der Waals surface area contributed by atoms with E-state index < -0.39 is 0 Å². The molecule has 40 heavy (non-hydrogen) atoms. The minimum atomic E-state index is 1.24. The van der Waals surface area contributed by atoms with Crippen LogP contribution in [0.3, 0.4) is 0 Å². The van der Waals surface area contributed by atoms with Crippen molar-refractivity contribution in [1.29, 1.82) is 0 Å². The standard InChI is InChI=1S/C40H26/c1-2-12-29(13-3-1)40-36-18-8-16-34(32-22-20-27-10-4-6-14-30(27)24-32)38(36)26-39-35(17-9-19-37(39)40)33-23-21-28-11-5-7-15-31(28)25-33/h1-26H. The van der Waals surface area contributed by atoms with Crippen LogP contribution in [0, 0.1) is 0 Å². The van der Waals surface area contributed by atoms with Crippen LogP contribution in [0.5, 0.6) is 0 Å². The van der Waals surface area contributed by atoms with Gasteiger partial charge in [-0.05, 0) is 94.7 Å². The fourth-order valence-electron chi connectivity index (χ4n) is 6.30. The molecular weight excluding hydrogens is 480 g/mol. The van der Waals surface area contributed by atoms with Gasteiger partial charge < -0.3 is 0 Å². The molecule has 0 aromatic heterocycles. The summed E-state index contributed by atoms with van der Waals surface area (Å²) < 4.78 is 0. The highest BCUT2D eigenvalue weighted by molar-refractivity contribution is 6.19. The van der Waals surface area contributed by atoms with Crippen LogP contribution >= 0.6 is 0 Å². The summed E-state index contributed by atoms with van der Waals surface area (Å²) >= 11 is 0. The number of hydrogen-bond acceptors (Lipinski definition) is 0. The van der Waals surface area contributed by atoms with Crippen LogP contribution in [0.25, 0.3) is 76.5 Å². The van der Waals surface area contributed by atoms with Gasteiger partial charge in [0.2, 0.25) is 0 Å². The first-order chi connectivity index (χ1) is 19.8. The first-order valence-electron chi connectivity index (χ1n) is 13.9. The average molecular weight is 507 g/mol. The molecule has 0 fully saturated rings. The number of rotatable bonds is 3. The van der Waals surface area contributed by atoms with Crippen molar-refractivity contribution < 1.29 is 0 Å². The summed E-state index contributed by atoms with van der Waals surface area (Å²) in [6.45, 7) is 0. The Kier molecular flexibility index (Phi) is 5.24. The van der Waals surface area contributed by atoms with Crippen LogP contribution in [0.4, 0.5) is 0 Å². The van der Waals surface area contributed by atoms with Gasteiger partial charge in [0.25, 0.3) is 0 Å². The fourth-order valence-corrected chi connectivity index (χ4v) is 6.30. The predicted octanol–water partition coefficient (Wildman–Crippen LogP) is 11.3. The predicted molar refractivity (Wildman–Crippen MR) is 173 cm³/mol. The molecule has 0 bridgehead atoms. The van der Waals surface area contributed by atoms with E-state index >= 15 is 0 Å². The average Bonchev–Trinajstić information content (AvgIpc) is 3.03. The smallest absolute Gasteiger partial charge is 0.00264 e. The first-order valence-corrected chi connectivity index (χ1v) is 13.9. The lowest BCUT2D eigenvalue weighted by Crippen LogP contribution is -1.90. The zero-order valence-corrected chi connectivity index (χ0v) is 22.0. The molecule has 0 N–H and O–H groups in total. The summed E-state index contributed by atoms with van der Waals surface area (Å²) in [4.78, 5) is 0. The minimum absolute atomic E-state index is 1.24. The van der Waals surface area contributed by atoms with E-state index in [1.807, 2.05) is 0 Å². The van der Waals surface area contributed by atoms with Crippen molar-refractivity contribution >= 4 is 43.1 Å². The van der Waals surface area contributed by atoms with E-state index in [-0.39, 0.29) is 0 Å². The third-order valence-electron chi connectivity index (χ3n) is 8.22. The van der Waals surface area contributed by atoms with Crippen molar-refractivity contribution in [3.05, 3.63) is 158 Å². The minimum Gasteiger partial charge on any atom is -0.0622 e. The summed E-state index contributed by atoms with van der Waals surface area (Å²) in [5.41, 5.74) is 7.53. The molecule has 186 valence electrons. The molecule has 0 nitrogen and oxygen atoms in total. The Balaban J connectivity index is 1.48. The van der Waals surface area contributed by atoms with Crippen LogP contribution in [0.2, 0.25) is 0 Å². The molecule has 0 aliphatic heterocycles. The number of benzene rings is 8. The van der Waals surface area contributed by atoms with E-state index in [2.05, 4.69) is 158 Å². The molecule has 0 saturated heterocycles. The second-order valence-corrected chi connectivity index (χ2v) is 10.5. The van der Waals surface area contributed by atoms with Crippen molar-refractivity contribution in [2.75, 3.05) is 0 Å². The quantitative estimate of drug-likeness (QED) is 0.209. The highest BCUT2D eigenvalue weighted by Crippen LogP contribution is 2.43. The SMILES string of the molecule is c1ccc(-c2c3cccc(-c4ccc5ccccc5c4)c3cc3c(-c4ccc5ccccc5c4)cccc23)cc1. The van der Waals surface area contributed by atoms with E-state index in [1.54, 1.807) is 0 Å². The molecular formula is C40H26. The van der Waals surface area contributed by atoms with Crippen LogP contribution in [-0.2, 0) is 0 Å². The lowest BCUT2D eigenvalue weighted by molar-refractivity contribution is 1.65. The maximum Gasteiger partial charge on any atom is -0.00264 e. The third-order valence-corrected chi connectivity index (χ3v) is 8.22. The second kappa shape index (κ2) is 9.22. The van der Waals surface area contributed by atoms with Gasteiger partial charge in [-0.2, -0.15) is 0 Å². The van der Waals surface area contributed by atoms with E-state index in [9.17, 15) is 0 Å². The normalized spacial score (nSPS) is 11.5. The lowest BCUT2D eigenvalue weighted by atomic mass is 9.86. The van der Waals surface area contributed by atoms with Gasteiger partial charge in [-0.15, -0.1) is 0 Å². The van der Waals surface area contributed by atoms with Crippen molar-refractivity contribution in [3.8, 4) is 33.4 Å². The summed E-state index contributed by atoms with van der Waals surface area (Å²) in [5.74, 6) is 0. The van der Waals surface area contributed by atoms with E-state index in [0.29, 0.717) is 0 Å². The first kappa shape index (κ1) is 22.8. The van der Waals surface area contributed by atoms with Gasteiger partial charge >= 0.3 is 0 Å². The van der Waals surface area contributed by atoms with Gasteiger partial charge in [-0.3, -0.25) is 0 Å². The maximum absolute atomic E-state index is 2.42. The maximum atomic E-state index is 2.42. The van der Waals surface area contributed by atoms with Gasteiger partial charge in [-0.1, -0.05) is 140 Å². The highest BCUT2D eigenvalue weighted by atomic mass is 14.2. The fraction of sp³-hybridized carbons (Fsp3) is 0. The Labute approximate surface area is 233 Å². The Morgan fingerprint density at radius 1 is 0.250 bits per heavy atom. The monoisotopic (exact) mass is 506 g/mol. The zero-order valence-electron chi connectivity index (χ0n) is 22.0. The second-order valence-electron chi connectivity index (χ2n) is 10.5. The lowest BCUT2D eigenvalue weighted by Gasteiger charge is -2.17. The Morgan fingerprint density at radius 2 is 0.725 bits per heavy atom. The molecule has 0 radical (unpaired) electrons. The Morgan fingerprint density at radius 3 is 1.25 bits per heavy atom. The van der Waals surface area contributed by atoms with Gasteiger partial charge in [0.15, 0.2) is 0 Å². The molecule has 8 aromatic carbocycles. The van der Waals surface area contributed by atoms with Gasteiger partial charge in [0.05, 0.1) is 0 Å². The molecule has 8 aromatic rings. The molecule has 0 spiro atoms. The van der Waals surface area contributed by atoms with Crippen molar-refractivity contribution in [2.24, 2.45) is 0 Å².